The van der Waals surface area contributed by atoms with Gasteiger partial charge in [0, 0.05) is 0 Å². The van der Waals surface area contributed by atoms with Crippen LogP contribution in [0.4, 0.5) is 0 Å². The average molecular weight is 1040 g/mol. The zero-order valence-electron chi connectivity index (χ0n) is 41.3. The molecule has 10 atom stereocenters. The van der Waals surface area contributed by atoms with E-state index in [9.17, 15) is 24.3 Å². The molecule has 6 aromatic carbocycles. The fourth-order valence-electron chi connectivity index (χ4n) is 8.46. The molecule has 2 aliphatic heterocycles. The summed E-state index contributed by atoms with van der Waals surface area (Å²) >= 11 is 1.52. The van der Waals surface area contributed by atoms with Crippen LogP contribution in [0.15, 0.2) is 182 Å². The van der Waals surface area contributed by atoms with Gasteiger partial charge in [0.15, 0.2) is 18.5 Å². The number of rotatable bonds is 24. The molecule has 2 fully saturated rings. The number of ether oxygens (including phenoxy) is 10. The Morgan fingerprint density at radius 3 is 1.29 bits per heavy atom. The van der Waals surface area contributed by atoms with E-state index in [0.717, 1.165) is 22.3 Å². The Morgan fingerprint density at radius 2 is 0.840 bits per heavy atom. The predicted molar refractivity (Wildman–Crippen MR) is 276 cm³/mol. The number of hydrogen-bond donors (Lipinski definition) is 1. The van der Waals surface area contributed by atoms with Gasteiger partial charge in [-0.05, 0) is 52.3 Å². The van der Waals surface area contributed by atoms with E-state index in [4.69, 9.17) is 47.4 Å². The molecule has 1 N–H and O–H groups in total. The zero-order valence-corrected chi connectivity index (χ0v) is 42.1. The van der Waals surface area contributed by atoms with Crippen molar-refractivity contribution in [1.82, 2.24) is 0 Å². The molecule has 2 saturated heterocycles. The molecule has 6 aromatic rings. The summed E-state index contributed by atoms with van der Waals surface area (Å²) in [5.74, 6) is -2.89. The minimum Gasteiger partial charge on any atom is -0.462 e. The highest BCUT2D eigenvalue weighted by atomic mass is 32.2. The summed E-state index contributed by atoms with van der Waals surface area (Å²) in [6.45, 7) is 1.72. The van der Waals surface area contributed by atoms with Crippen molar-refractivity contribution in [3.8, 4) is 0 Å². The molecule has 2 aliphatic rings. The highest BCUT2D eigenvalue weighted by molar-refractivity contribution is 7.99. The summed E-state index contributed by atoms with van der Waals surface area (Å²) in [4.78, 5) is 54.2. The summed E-state index contributed by atoms with van der Waals surface area (Å²) in [6, 6.07) is 54.4. The number of benzene rings is 6. The van der Waals surface area contributed by atoms with E-state index in [-0.39, 0.29) is 44.2 Å². The largest absolute Gasteiger partial charge is 0.462 e. The van der Waals surface area contributed by atoms with Gasteiger partial charge in [-0.1, -0.05) is 165 Å². The van der Waals surface area contributed by atoms with Gasteiger partial charge in [0.1, 0.15) is 61.7 Å². The third-order valence-electron chi connectivity index (χ3n) is 12.3. The summed E-state index contributed by atoms with van der Waals surface area (Å²) in [6.07, 6.45) is -11.5. The Bertz CT molecular complexity index is 2670. The first-order valence-electron chi connectivity index (χ1n) is 24.8. The Kier molecular flexibility index (Phi) is 20.5. The quantitative estimate of drug-likeness (QED) is 0.0346. The summed E-state index contributed by atoms with van der Waals surface area (Å²) < 4.78 is 62.2. The molecule has 15 nitrogen and oxygen atoms in total. The van der Waals surface area contributed by atoms with Crippen LogP contribution in [0, 0.1) is 0 Å². The first kappa shape index (κ1) is 54.5. The Hall–Kier alpha value is -6.73. The number of carbonyl (C=O) groups is 4. The molecule has 0 radical (unpaired) electrons. The second kappa shape index (κ2) is 28.2. The van der Waals surface area contributed by atoms with Gasteiger partial charge in [0.05, 0.1) is 37.6 Å². The maximum absolute atomic E-state index is 13.6. The third kappa shape index (κ3) is 15.9. The highest BCUT2D eigenvalue weighted by Crippen LogP contribution is 2.36. The van der Waals surface area contributed by atoms with E-state index in [1.165, 1.54) is 23.9 Å². The van der Waals surface area contributed by atoms with Gasteiger partial charge in [0.25, 0.3) is 0 Å². The van der Waals surface area contributed by atoms with Crippen molar-refractivity contribution in [3.05, 3.63) is 215 Å². The number of esters is 4. The van der Waals surface area contributed by atoms with Crippen molar-refractivity contribution in [2.45, 2.75) is 100 Å². The first-order chi connectivity index (χ1) is 36.7. The van der Waals surface area contributed by atoms with Crippen LogP contribution < -0.4 is 0 Å². The molecule has 75 heavy (non-hydrogen) atoms. The maximum atomic E-state index is 13.6. The molecule has 2 heterocycles. The van der Waals surface area contributed by atoms with Crippen LogP contribution in [0.1, 0.15) is 56.3 Å². The van der Waals surface area contributed by atoms with Crippen molar-refractivity contribution in [1.29, 1.82) is 0 Å². The van der Waals surface area contributed by atoms with Gasteiger partial charge in [-0.25, -0.2) is 9.59 Å². The lowest BCUT2D eigenvalue weighted by Crippen LogP contribution is -2.62. The van der Waals surface area contributed by atoms with Gasteiger partial charge in [-0.15, -0.1) is 11.8 Å². The lowest BCUT2D eigenvalue weighted by molar-refractivity contribution is -0.303. The predicted octanol–water partition coefficient (Wildman–Crippen LogP) is 8.45. The zero-order chi connectivity index (χ0) is 52.2. The second-order valence-electron chi connectivity index (χ2n) is 17.6. The number of thioether (sulfide) groups is 1. The van der Waals surface area contributed by atoms with Gasteiger partial charge >= 0.3 is 23.9 Å². The summed E-state index contributed by atoms with van der Waals surface area (Å²) in [5, 5.41) is 11.9. The van der Waals surface area contributed by atoms with Crippen LogP contribution in [0.5, 0.6) is 0 Å². The van der Waals surface area contributed by atoms with Gasteiger partial charge in [-0.3, -0.25) is 9.59 Å². The van der Waals surface area contributed by atoms with E-state index in [2.05, 4.69) is 0 Å². The van der Waals surface area contributed by atoms with Crippen molar-refractivity contribution >= 4 is 35.6 Å². The van der Waals surface area contributed by atoms with E-state index in [1.54, 1.807) is 48.5 Å². The van der Waals surface area contributed by atoms with Crippen LogP contribution >= 0.6 is 11.8 Å². The molecule has 0 bridgehead atoms. The molecule has 0 saturated carbocycles. The van der Waals surface area contributed by atoms with Crippen molar-refractivity contribution in [3.63, 3.8) is 0 Å². The van der Waals surface area contributed by atoms with Crippen LogP contribution in [-0.2, 0) is 83.4 Å². The van der Waals surface area contributed by atoms with Crippen LogP contribution in [0.2, 0.25) is 0 Å². The lowest BCUT2D eigenvalue weighted by Gasteiger charge is -2.45. The number of hydrogen-bond acceptors (Lipinski definition) is 16. The minimum atomic E-state index is -1.73. The normalized spacial score (nSPS) is 23.3. The SMILES string of the molecule is CCS[C@H]1O[C@H](COC(=O)CC(=O)OC[C@H]2O[C@H](OCc3ccccc3)[C@H](OC(=O)c3ccccc3)[C@@H](OC(=O)c3ccccc3)[C@@H]2O)[C@@H](OCc2ccccc2)[C@H](OCc2ccccc2)[C@@H]1OCc1ccccc1. The Labute approximate surface area is 440 Å². The monoisotopic (exact) mass is 1040 g/mol. The standard InChI is InChI=1S/C59H60O15S/c1-2-75-59-55(69-36-42-25-13-5-14-26-42)53(68-35-41-23-11-4-12-24-41)51(67-34-40-21-9-3-10-22-40)47(72-59)39-66-49(61)33-48(60)65-38-46-50(62)52(73-56(63)44-29-17-7-18-30-44)54(74-57(64)45-31-19-8-20-32-45)58(71-46)70-37-43-27-15-6-16-28-43/h3-32,46-47,50-55,58-59,62H,2,33-39H2,1H3/t46-,47-,50-,51-,52+,53+,54-,55+,58+,59-/m1/s1. The Morgan fingerprint density at radius 1 is 0.453 bits per heavy atom. The van der Waals surface area contributed by atoms with Crippen molar-refractivity contribution in [2.24, 2.45) is 0 Å². The molecule has 392 valence electrons. The molecule has 16 heteroatoms. The second-order valence-corrected chi connectivity index (χ2v) is 19.0. The minimum absolute atomic E-state index is 0.0410. The van der Waals surface area contributed by atoms with Gasteiger partial charge in [-0.2, -0.15) is 0 Å². The molecular weight excluding hydrogens is 981 g/mol. The molecule has 0 unspecified atom stereocenters. The molecule has 0 amide bonds. The van der Waals surface area contributed by atoms with Gasteiger partial charge < -0.3 is 52.5 Å². The molecule has 0 spiro atoms. The fourth-order valence-corrected chi connectivity index (χ4v) is 9.43. The third-order valence-corrected chi connectivity index (χ3v) is 13.3. The fraction of sp³-hybridized carbons (Fsp3) is 0.322. The van der Waals surface area contributed by atoms with E-state index < -0.39 is 97.5 Å². The molecular formula is C59H60O15S. The maximum Gasteiger partial charge on any atom is 0.338 e. The van der Waals surface area contributed by atoms with Crippen LogP contribution in [0.3, 0.4) is 0 Å². The summed E-state index contributed by atoms with van der Waals surface area (Å²) in [7, 11) is 0. The van der Waals surface area contributed by atoms with Gasteiger partial charge in [0.2, 0.25) is 0 Å². The van der Waals surface area contributed by atoms with Crippen molar-refractivity contribution in [2.75, 3.05) is 19.0 Å². The highest BCUT2D eigenvalue weighted by Gasteiger charge is 2.52. The number of aliphatic hydroxyl groups is 1. The molecule has 0 aliphatic carbocycles. The topological polar surface area (TPSA) is 181 Å². The van der Waals surface area contributed by atoms with E-state index in [1.807, 2.05) is 128 Å². The smallest absolute Gasteiger partial charge is 0.338 e. The van der Waals surface area contributed by atoms with Crippen LogP contribution in [-0.4, -0.2) is 109 Å². The lowest BCUT2D eigenvalue weighted by atomic mass is 9.98. The number of carbonyl (C=O) groups excluding carboxylic acids is 4. The Balaban J connectivity index is 0.967. The van der Waals surface area contributed by atoms with E-state index >= 15 is 0 Å². The summed E-state index contributed by atoms with van der Waals surface area (Å²) in [5.41, 5.74) is 3.31. The van der Waals surface area contributed by atoms with E-state index in [0.29, 0.717) is 5.75 Å². The van der Waals surface area contributed by atoms with Crippen LogP contribution in [0.25, 0.3) is 0 Å². The average Bonchev–Trinajstić information content (AvgIpc) is 3.45. The first-order valence-corrected chi connectivity index (χ1v) is 25.8. The number of aliphatic hydroxyl groups excluding tert-OH is 1. The molecule has 8 rings (SSSR count). The molecule has 0 aromatic heterocycles. The van der Waals surface area contributed by atoms with Crippen molar-refractivity contribution < 1.29 is 71.7 Å².